The zero-order chi connectivity index (χ0) is 15.6. The van der Waals surface area contributed by atoms with Crippen LogP contribution >= 0.6 is 35.0 Å². The number of carboxylic acid groups (broad SMARTS) is 1. The van der Waals surface area contributed by atoms with Crippen molar-refractivity contribution in [3.05, 3.63) is 62.1 Å². The van der Waals surface area contributed by atoms with E-state index in [0.29, 0.717) is 14.9 Å². The number of halogens is 2. The number of nitro benzene ring substituents is 1. The molecule has 0 aromatic heterocycles. The summed E-state index contributed by atoms with van der Waals surface area (Å²) in [5.74, 6) is -1.15. The molecule has 0 unspecified atom stereocenters. The average molecular weight is 344 g/mol. The van der Waals surface area contributed by atoms with Crippen LogP contribution in [-0.4, -0.2) is 16.0 Å². The number of rotatable bonds is 4. The first-order chi connectivity index (χ1) is 9.88. The monoisotopic (exact) mass is 343 g/mol. The Balaban J connectivity index is 2.45. The fraction of sp³-hybridized carbons (Fsp3) is 0. The second-order valence-electron chi connectivity index (χ2n) is 3.92. The van der Waals surface area contributed by atoms with E-state index in [1.54, 1.807) is 18.2 Å². The van der Waals surface area contributed by atoms with Gasteiger partial charge in [0.2, 0.25) is 0 Å². The first-order valence-corrected chi connectivity index (χ1v) is 7.10. The van der Waals surface area contributed by atoms with Crippen molar-refractivity contribution in [2.24, 2.45) is 0 Å². The van der Waals surface area contributed by atoms with Crippen LogP contribution in [0, 0.1) is 10.1 Å². The number of benzene rings is 2. The molecule has 5 nitrogen and oxygen atoms in total. The smallest absolute Gasteiger partial charge is 0.335 e. The molecule has 0 saturated heterocycles. The molecular formula is C13H7Cl2NO4S. The van der Waals surface area contributed by atoms with E-state index in [0.717, 1.165) is 11.8 Å². The zero-order valence-electron chi connectivity index (χ0n) is 10.2. The standard InChI is InChI=1S/C13H7Cl2NO4S/c14-9-3-2-8(6-10(9)15)21-12-5-7(13(17)18)1-4-11(12)16(19)20/h1-6H,(H,17,18). The molecule has 0 bridgehead atoms. The maximum Gasteiger partial charge on any atom is 0.335 e. The van der Waals surface area contributed by atoms with E-state index in [1.807, 2.05) is 0 Å². The van der Waals surface area contributed by atoms with E-state index in [-0.39, 0.29) is 16.1 Å². The molecule has 0 amide bonds. The van der Waals surface area contributed by atoms with Crippen LogP contribution < -0.4 is 0 Å². The van der Waals surface area contributed by atoms with Crippen LogP contribution in [0.3, 0.4) is 0 Å². The first kappa shape index (κ1) is 15.6. The lowest BCUT2D eigenvalue weighted by Crippen LogP contribution is -1.98. The van der Waals surface area contributed by atoms with Crippen molar-refractivity contribution < 1.29 is 14.8 Å². The highest BCUT2D eigenvalue weighted by Crippen LogP contribution is 2.37. The fourth-order valence-electron chi connectivity index (χ4n) is 1.55. The Bertz CT molecular complexity index is 736. The summed E-state index contributed by atoms with van der Waals surface area (Å²) in [4.78, 5) is 22.3. The Morgan fingerprint density at radius 1 is 1.14 bits per heavy atom. The Morgan fingerprint density at radius 3 is 2.43 bits per heavy atom. The Morgan fingerprint density at radius 2 is 1.86 bits per heavy atom. The number of nitro groups is 1. The molecule has 0 saturated carbocycles. The molecule has 0 atom stereocenters. The summed E-state index contributed by atoms with van der Waals surface area (Å²) in [7, 11) is 0. The summed E-state index contributed by atoms with van der Waals surface area (Å²) in [5, 5.41) is 20.7. The van der Waals surface area contributed by atoms with Crippen LogP contribution in [0.1, 0.15) is 10.4 Å². The molecule has 1 N–H and O–H groups in total. The zero-order valence-corrected chi connectivity index (χ0v) is 12.6. The molecule has 0 aliphatic carbocycles. The van der Waals surface area contributed by atoms with Crippen molar-refractivity contribution in [3.63, 3.8) is 0 Å². The van der Waals surface area contributed by atoms with Gasteiger partial charge in [-0.1, -0.05) is 35.0 Å². The number of carbonyl (C=O) groups is 1. The predicted octanol–water partition coefficient (Wildman–Crippen LogP) is 4.75. The van der Waals surface area contributed by atoms with E-state index in [4.69, 9.17) is 28.3 Å². The van der Waals surface area contributed by atoms with Gasteiger partial charge in [-0.05, 0) is 30.3 Å². The first-order valence-electron chi connectivity index (χ1n) is 5.53. The summed E-state index contributed by atoms with van der Waals surface area (Å²) in [5.41, 5.74) is -0.195. The van der Waals surface area contributed by atoms with Crippen LogP contribution in [0.4, 0.5) is 5.69 Å². The molecular weight excluding hydrogens is 337 g/mol. The third-order valence-electron chi connectivity index (χ3n) is 2.52. The highest BCUT2D eigenvalue weighted by Gasteiger charge is 2.18. The minimum Gasteiger partial charge on any atom is -0.478 e. The summed E-state index contributed by atoms with van der Waals surface area (Å²) in [6.45, 7) is 0. The molecule has 0 spiro atoms. The van der Waals surface area contributed by atoms with Gasteiger partial charge in [0.15, 0.2) is 0 Å². The van der Waals surface area contributed by atoms with E-state index < -0.39 is 10.9 Å². The Labute approximate surface area is 133 Å². The van der Waals surface area contributed by atoms with E-state index >= 15 is 0 Å². The largest absolute Gasteiger partial charge is 0.478 e. The maximum atomic E-state index is 11.0. The van der Waals surface area contributed by atoms with Crippen molar-refractivity contribution in [2.75, 3.05) is 0 Å². The number of nitrogens with zero attached hydrogens (tertiary/aromatic N) is 1. The second-order valence-corrected chi connectivity index (χ2v) is 5.85. The van der Waals surface area contributed by atoms with Gasteiger partial charge in [0, 0.05) is 11.0 Å². The minimum atomic E-state index is -1.15. The summed E-state index contributed by atoms with van der Waals surface area (Å²) < 4.78 is 0. The lowest BCUT2D eigenvalue weighted by Gasteiger charge is -2.05. The quantitative estimate of drug-likeness (QED) is 0.639. The SMILES string of the molecule is O=C(O)c1ccc([N+](=O)[O-])c(Sc2ccc(Cl)c(Cl)c2)c1. The molecule has 2 aromatic rings. The number of aromatic carboxylic acids is 1. The van der Waals surface area contributed by atoms with Gasteiger partial charge in [-0.15, -0.1) is 0 Å². The van der Waals surface area contributed by atoms with E-state index in [2.05, 4.69) is 0 Å². The van der Waals surface area contributed by atoms with Crippen LogP contribution in [-0.2, 0) is 0 Å². The van der Waals surface area contributed by atoms with Gasteiger partial charge in [0.1, 0.15) is 0 Å². The van der Waals surface area contributed by atoms with Crippen molar-refractivity contribution in [2.45, 2.75) is 9.79 Å². The van der Waals surface area contributed by atoms with Crippen molar-refractivity contribution >= 4 is 46.6 Å². The normalized spacial score (nSPS) is 10.4. The van der Waals surface area contributed by atoms with Gasteiger partial charge >= 0.3 is 5.97 Å². The number of hydrogen-bond acceptors (Lipinski definition) is 4. The summed E-state index contributed by atoms with van der Waals surface area (Å²) in [6.07, 6.45) is 0. The van der Waals surface area contributed by atoms with Crippen LogP contribution in [0.5, 0.6) is 0 Å². The summed E-state index contributed by atoms with van der Waals surface area (Å²) in [6, 6.07) is 8.40. The third-order valence-corrected chi connectivity index (χ3v) is 4.30. The van der Waals surface area contributed by atoms with Crippen LogP contribution in [0.15, 0.2) is 46.2 Å². The average Bonchev–Trinajstić information content (AvgIpc) is 2.42. The lowest BCUT2D eigenvalue weighted by molar-refractivity contribution is -0.387. The predicted molar refractivity (Wildman–Crippen MR) is 80.6 cm³/mol. The van der Waals surface area contributed by atoms with Crippen molar-refractivity contribution in [3.8, 4) is 0 Å². The van der Waals surface area contributed by atoms with Gasteiger partial charge in [-0.25, -0.2) is 4.79 Å². The van der Waals surface area contributed by atoms with Crippen LogP contribution in [0.25, 0.3) is 0 Å². The molecule has 0 aliphatic heterocycles. The second kappa shape index (κ2) is 6.34. The van der Waals surface area contributed by atoms with Gasteiger partial charge in [-0.2, -0.15) is 0 Å². The maximum absolute atomic E-state index is 11.0. The molecule has 8 heteroatoms. The van der Waals surface area contributed by atoms with Gasteiger partial charge < -0.3 is 5.11 Å². The molecule has 108 valence electrons. The third kappa shape index (κ3) is 3.66. The minimum absolute atomic E-state index is 0.0249. The highest BCUT2D eigenvalue weighted by atomic mass is 35.5. The van der Waals surface area contributed by atoms with Crippen molar-refractivity contribution in [1.29, 1.82) is 0 Å². The molecule has 0 fully saturated rings. The van der Waals surface area contributed by atoms with Crippen LogP contribution in [0.2, 0.25) is 10.0 Å². The summed E-state index contributed by atoms with van der Waals surface area (Å²) >= 11 is 12.7. The molecule has 2 aromatic carbocycles. The van der Waals surface area contributed by atoms with E-state index in [9.17, 15) is 14.9 Å². The van der Waals surface area contributed by atoms with Gasteiger partial charge in [0.05, 0.1) is 25.4 Å². The molecule has 0 heterocycles. The van der Waals surface area contributed by atoms with Gasteiger partial charge in [-0.3, -0.25) is 10.1 Å². The molecule has 2 rings (SSSR count). The number of carboxylic acids is 1. The van der Waals surface area contributed by atoms with Gasteiger partial charge in [0.25, 0.3) is 5.69 Å². The lowest BCUT2D eigenvalue weighted by atomic mass is 10.2. The highest BCUT2D eigenvalue weighted by molar-refractivity contribution is 7.99. The molecule has 0 aliphatic rings. The number of hydrogen-bond donors (Lipinski definition) is 1. The van der Waals surface area contributed by atoms with Crippen molar-refractivity contribution in [1.82, 2.24) is 0 Å². The fourth-order valence-corrected chi connectivity index (χ4v) is 2.91. The Kier molecular flexibility index (Phi) is 4.72. The molecule has 21 heavy (non-hydrogen) atoms. The van der Waals surface area contributed by atoms with E-state index in [1.165, 1.54) is 18.2 Å². The Hall–Kier alpha value is -1.76. The molecule has 0 radical (unpaired) electrons. The topological polar surface area (TPSA) is 80.4 Å².